The summed E-state index contributed by atoms with van der Waals surface area (Å²) < 4.78 is 0.867. The van der Waals surface area contributed by atoms with E-state index in [9.17, 15) is 9.59 Å². The summed E-state index contributed by atoms with van der Waals surface area (Å²) in [6.45, 7) is 4.72. The predicted octanol–water partition coefficient (Wildman–Crippen LogP) is 1.53. The third-order valence-electron chi connectivity index (χ3n) is 3.52. The Balaban J connectivity index is 1.95. The summed E-state index contributed by atoms with van der Waals surface area (Å²) in [6, 6.07) is 7.57. The van der Waals surface area contributed by atoms with Gasteiger partial charge < -0.3 is 15.5 Å². The second-order valence-corrected chi connectivity index (χ2v) is 5.78. The zero-order valence-electron chi connectivity index (χ0n) is 12.1. The van der Waals surface area contributed by atoms with Crippen LogP contribution in [0.2, 0.25) is 0 Å². The minimum absolute atomic E-state index is 0.122. The average Bonchev–Trinajstić information content (AvgIpc) is 2.86. The first-order valence-corrected chi connectivity index (χ1v) is 7.98. The number of rotatable bonds is 6. The van der Waals surface area contributed by atoms with E-state index in [2.05, 4.69) is 26.6 Å². The van der Waals surface area contributed by atoms with Gasteiger partial charge in [-0.3, -0.25) is 9.59 Å². The van der Waals surface area contributed by atoms with Crippen molar-refractivity contribution in [2.75, 3.05) is 31.1 Å². The van der Waals surface area contributed by atoms with Crippen molar-refractivity contribution < 1.29 is 9.59 Å². The Labute approximate surface area is 133 Å². The maximum absolute atomic E-state index is 12.4. The highest BCUT2D eigenvalue weighted by Gasteiger charge is 2.37. The van der Waals surface area contributed by atoms with Crippen molar-refractivity contribution in [3.63, 3.8) is 0 Å². The highest BCUT2D eigenvalue weighted by Crippen LogP contribution is 2.31. The van der Waals surface area contributed by atoms with Gasteiger partial charge in [-0.05, 0) is 41.0 Å². The topological polar surface area (TPSA) is 61.4 Å². The van der Waals surface area contributed by atoms with Crippen molar-refractivity contribution in [2.45, 2.75) is 13.3 Å². The summed E-state index contributed by atoms with van der Waals surface area (Å²) in [5.41, 5.74) is 0.824. The standard InChI is InChI=1S/C15H20BrN3O2/c1-2-17-8-9-18-14(20)11-7-10-19(15(11)21)13-6-4-3-5-12(13)16/h3-6,11,17H,2,7-10H2,1H3,(H,18,20). The van der Waals surface area contributed by atoms with E-state index < -0.39 is 5.92 Å². The minimum atomic E-state index is -0.571. The number of halogens is 1. The van der Waals surface area contributed by atoms with Crippen LogP contribution in [0.3, 0.4) is 0 Å². The molecule has 6 heteroatoms. The summed E-state index contributed by atoms with van der Waals surface area (Å²) in [5.74, 6) is -0.867. The molecule has 1 aromatic rings. The summed E-state index contributed by atoms with van der Waals surface area (Å²) in [6.07, 6.45) is 0.563. The quantitative estimate of drug-likeness (QED) is 0.602. The minimum Gasteiger partial charge on any atom is -0.354 e. The van der Waals surface area contributed by atoms with Crippen LogP contribution in [-0.4, -0.2) is 38.0 Å². The largest absolute Gasteiger partial charge is 0.354 e. The SMILES string of the molecule is CCNCCNC(=O)C1CCN(c2ccccc2Br)C1=O. The van der Waals surface area contributed by atoms with Gasteiger partial charge >= 0.3 is 0 Å². The Bertz CT molecular complexity index is 521. The van der Waals surface area contributed by atoms with Crippen LogP contribution in [0, 0.1) is 5.92 Å². The van der Waals surface area contributed by atoms with Gasteiger partial charge in [-0.25, -0.2) is 0 Å². The molecule has 1 unspecified atom stereocenters. The van der Waals surface area contributed by atoms with E-state index in [1.54, 1.807) is 4.90 Å². The number of hydrogen-bond acceptors (Lipinski definition) is 3. The maximum Gasteiger partial charge on any atom is 0.239 e. The maximum atomic E-state index is 12.4. The number of amides is 2. The van der Waals surface area contributed by atoms with Gasteiger partial charge in [0.1, 0.15) is 5.92 Å². The number of carbonyl (C=O) groups is 2. The van der Waals surface area contributed by atoms with Crippen LogP contribution in [0.1, 0.15) is 13.3 Å². The lowest BCUT2D eigenvalue weighted by atomic mass is 10.1. The number of carbonyl (C=O) groups excluding carboxylic acids is 2. The summed E-state index contributed by atoms with van der Waals surface area (Å²) in [5, 5.41) is 5.95. The van der Waals surface area contributed by atoms with Crippen LogP contribution in [0.15, 0.2) is 28.7 Å². The molecule has 0 aromatic heterocycles. The van der Waals surface area contributed by atoms with E-state index in [1.807, 2.05) is 31.2 Å². The molecule has 2 amide bonds. The molecule has 114 valence electrons. The molecule has 1 heterocycles. The monoisotopic (exact) mass is 353 g/mol. The molecule has 21 heavy (non-hydrogen) atoms. The number of nitrogens with one attached hydrogen (secondary N) is 2. The third kappa shape index (κ3) is 3.83. The molecule has 0 aliphatic carbocycles. The zero-order valence-corrected chi connectivity index (χ0v) is 13.6. The fraction of sp³-hybridized carbons (Fsp3) is 0.467. The average molecular weight is 354 g/mol. The second-order valence-electron chi connectivity index (χ2n) is 4.93. The Kier molecular flexibility index (Phi) is 5.76. The predicted molar refractivity (Wildman–Crippen MR) is 86.2 cm³/mol. The molecule has 0 saturated carbocycles. The molecule has 0 radical (unpaired) electrons. The molecule has 1 atom stereocenters. The van der Waals surface area contributed by atoms with E-state index in [0.717, 1.165) is 23.2 Å². The van der Waals surface area contributed by atoms with Crippen molar-refractivity contribution in [3.05, 3.63) is 28.7 Å². The lowest BCUT2D eigenvalue weighted by Crippen LogP contribution is -2.39. The molecule has 5 nitrogen and oxygen atoms in total. The van der Waals surface area contributed by atoms with E-state index in [0.29, 0.717) is 19.5 Å². The summed E-state index contributed by atoms with van der Waals surface area (Å²) in [4.78, 5) is 26.2. The molecule has 1 aliphatic heterocycles. The molecule has 2 N–H and O–H groups in total. The lowest BCUT2D eigenvalue weighted by molar-refractivity contribution is -0.132. The molecule has 0 spiro atoms. The molecule has 0 bridgehead atoms. The highest BCUT2D eigenvalue weighted by molar-refractivity contribution is 9.10. The smallest absolute Gasteiger partial charge is 0.239 e. The van der Waals surface area contributed by atoms with Gasteiger partial charge in [-0.15, -0.1) is 0 Å². The van der Waals surface area contributed by atoms with Crippen LogP contribution in [-0.2, 0) is 9.59 Å². The van der Waals surface area contributed by atoms with Gasteiger partial charge in [0.25, 0.3) is 0 Å². The number of benzene rings is 1. The Morgan fingerprint density at radius 3 is 2.86 bits per heavy atom. The number of hydrogen-bond donors (Lipinski definition) is 2. The fourth-order valence-corrected chi connectivity index (χ4v) is 2.91. The highest BCUT2D eigenvalue weighted by atomic mass is 79.9. The van der Waals surface area contributed by atoms with Crippen molar-refractivity contribution in [2.24, 2.45) is 5.92 Å². The lowest BCUT2D eigenvalue weighted by Gasteiger charge is -2.18. The van der Waals surface area contributed by atoms with Crippen molar-refractivity contribution >= 4 is 33.4 Å². The molecular weight excluding hydrogens is 334 g/mol. The van der Waals surface area contributed by atoms with Crippen LogP contribution in [0.4, 0.5) is 5.69 Å². The molecule has 1 saturated heterocycles. The number of likely N-dealkylation sites (N-methyl/N-ethyl adjacent to an activating group) is 1. The van der Waals surface area contributed by atoms with Crippen molar-refractivity contribution in [1.29, 1.82) is 0 Å². The van der Waals surface area contributed by atoms with E-state index in [1.165, 1.54) is 0 Å². The van der Waals surface area contributed by atoms with Gasteiger partial charge in [0.2, 0.25) is 11.8 Å². The molecule has 1 aliphatic rings. The summed E-state index contributed by atoms with van der Waals surface area (Å²) in [7, 11) is 0. The van der Waals surface area contributed by atoms with Crippen molar-refractivity contribution in [1.82, 2.24) is 10.6 Å². The van der Waals surface area contributed by atoms with Crippen LogP contribution >= 0.6 is 15.9 Å². The van der Waals surface area contributed by atoms with Gasteiger partial charge in [0.05, 0.1) is 5.69 Å². The van der Waals surface area contributed by atoms with E-state index >= 15 is 0 Å². The second kappa shape index (κ2) is 7.56. The van der Waals surface area contributed by atoms with Gasteiger partial charge in [-0.2, -0.15) is 0 Å². The first kappa shape index (κ1) is 16.0. The Morgan fingerprint density at radius 1 is 1.38 bits per heavy atom. The Morgan fingerprint density at radius 2 is 2.14 bits per heavy atom. The van der Waals surface area contributed by atoms with E-state index in [4.69, 9.17) is 0 Å². The fourth-order valence-electron chi connectivity index (χ4n) is 2.41. The van der Waals surface area contributed by atoms with Gasteiger partial charge in [0.15, 0.2) is 0 Å². The van der Waals surface area contributed by atoms with Crippen LogP contribution < -0.4 is 15.5 Å². The Hall–Kier alpha value is -1.40. The van der Waals surface area contributed by atoms with Gasteiger partial charge in [0, 0.05) is 24.1 Å². The van der Waals surface area contributed by atoms with Gasteiger partial charge in [-0.1, -0.05) is 19.1 Å². The van der Waals surface area contributed by atoms with E-state index in [-0.39, 0.29) is 11.8 Å². The van der Waals surface area contributed by atoms with Crippen molar-refractivity contribution in [3.8, 4) is 0 Å². The number of nitrogens with zero attached hydrogens (tertiary/aromatic N) is 1. The van der Waals surface area contributed by atoms with Crippen LogP contribution in [0.5, 0.6) is 0 Å². The number of para-hydroxylation sites is 1. The normalized spacial score (nSPS) is 18.1. The first-order chi connectivity index (χ1) is 10.1. The summed E-state index contributed by atoms with van der Waals surface area (Å²) >= 11 is 3.45. The molecular formula is C15H20BrN3O2. The molecule has 1 aromatic carbocycles. The number of anilines is 1. The molecule has 2 rings (SSSR count). The third-order valence-corrected chi connectivity index (χ3v) is 4.19. The first-order valence-electron chi connectivity index (χ1n) is 7.19. The zero-order chi connectivity index (χ0) is 15.2. The van der Waals surface area contributed by atoms with Crippen LogP contribution in [0.25, 0.3) is 0 Å². The molecule has 1 fully saturated rings.